The molecule has 7 heteroatoms. The molecule has 1 atom stereocenters. The number of amides is 2. The summed E-state index contributed by atoms with van der Waals surface area (Å²) < 4.78 is 5.21. The number of carbonyl (C=O) groups is 2. The minimum atomic E-state index is -0.398. The molecule has 0 bridgehead atoms. The molecule has 2 aromatic rings. The molecule has 2 amide bonds. The average molecular weight is 367 g/mol. The SMILES string of the molecule is NC[C@H]1CN(c2ccc3c(c2)S/C(=C/c2ccccc2)C(=O)N3)C(=O)O1. The zero-order chi connectivity index (χ0) is 18.1. The van der Waals surface area contributed by atoms with Gasteiger partial charge in [-0.05, 0) is 29.8 Å². The number of nitrogens with zero attached hydrogens (tertiary/aromatic N) is 1. The van der Waals surface area contributed by atoms with Crippen LogP contribution >= 0.6 is 11.8 Å². The Balaban J connectivity index is 1.62. The fourth-order valence-corrected chi connectivity index (χ4v) is 3.85. The molecule has 26 heavy (non-hydrogen) atoms. The standard InChI is InChI=1S/C19H17N3O3S/c20-10-14-11-22(19(24)25-14)13-6-7-15-16(9-13)26-17(18(23)21-15)8-12-4-2-1-3-5-12/h1-9,14H,10-11,20H2,(H,21,23)/b17-8+/t14-/m0/s1. The van der Waals surface area contributed by atoms with Gasteiger partial charge in [-0.25, -0.2) is 4.79 Å². The summed E-state index contributed by atoms with van der Waals surface area (Å²) in [5.41, 5.74) is 8.01. The number of thioether (sulfide) groups is 1. The molecule has 0 aromatic heterocycles. The third kappa shape index (κ3) is 3.18. The summed E-state index contributed by atoms with van der Waals surface area (Å²) in [5, 5.41) is 2.90. The van der Waals surface area contributed by atoms with E-state index in [9.17, 15) is 9.59 Å². The minimum Gasteiger partial charge on any atom is -0.443 e. The number of anilines is 2. The largest absolute Gasteiger partial charge is 0.443 e. The number of hydrogen-bond donors (Lipinski definition) is 2. The molecule has 2 aliphatic heterocycles. The molecule has 0 spiro atoms. The van der Waals surface area contributed by atoms with Crippen LogP contribution in [-0.2, 0) is 9.53 Å². The molecular weight excluding hydrogens is 350 g/mol. The molecule has 6 nitrogen and oxygen atoms in total. The number of carbonyl (C=O) groups excluding carboxylic acids is 2. The number of rotatable bonds is 3. The van der Waals surface area contributed by atoms with Crippen molar-refractivity contribution in [3.8, 4) is 0 Å². The van der Waals surface area contributed by atoms with Crippen LogP contribution in [0.5, 0.6) is 0 Å². The first-order valence-corrected chi connectivity index (χ1v) is 9.04. The van der Waals surface area contributed by atoms with Crippen LogP contribution < -0.4 is 16.0 Å². The van der Waals surface area contributed by atoms with Gasteiger partial charge in [0.1, 0.15) is 6.10 Å². The second-order valence-corrected chi connectivity index (χ2v) is 7.09. The molecule has 132 valence electrons. The quantitative estimate of drug-likeness (QED) is 0.815. The van der Waals surface area contributed by atoms with Gasteiger partial charge in [-0.1, -0.05) is 42.1 Å². The zero-order valence-electron chi connectivity index (χ0n) is 13.8. The van der Waals surface area contributed by atoms with Gasteiger partial charge in [0.05, 0.1) is 17.1 Å². The van der Waals surface area contributed by atoms with Gasteiger partial charge in [0.25, 0.3) is 5.91 Å². The summed E-state index contributed by atoms with van der Waals surface area (Å²) in [6.07, 6.45) is 1.16. The number of hydrogen-bond acceptors (Lipinski definition) is 5. The minimum absolute atomic E-state index is 0.136. The summed E-state index contributed by atoms with van der Waals surface area (Å²) >= 11 is 1.39. The van der Waals surface area contributed by atoms with Gasteiger partial charge in [-0.3, -0.25) is 9.69 Å². The first-order valence-electron chi connectivity index (χ1n) is 8.22. The molecule has 1 fully saturated rings. The van der Waals surface area contributed by atoms with Gasteiger partial charge in [0.2, 0.25) is 0 Å². The maximum absolute atomic E-state index is 12.3. The Morgan fingerprint density at radius 1 is 1.23 bits per heavy atom. The third-order valence-corrected chi connectivity index (χ3v) is 5.28. The van der Waals surface area contributed by atoms with E-state index < -0.39 is 6.09 Å². The van der Waals surface area contributed by atoms with Crippen molar-refractivity contribution in [2.75, 3.05) is 23.3 Å². The monoisotopic (exact) mass is 367 g/mol. The van der Waals surface area contributed by atoms with E-state index >= 15 is 0 Å². The van der Waals surface area contributed by atoms with Crippen molar-refractivity contribution in [3.63, 3.8) is 0 Å². The summed E-state index contributed by atoms with van der Waals surface area (Å²) in [4.78, 5) is 27.4. The van der Waals surface area contributed by atoms with E-state index in [-0.39, 0.29) is 12.0 Å². The number of benzene rings is 2. The maximum atomic E-state index is 12.3. The highest BCUT2D eigenvalue weighted by atomic mass is 32.2. The van der Waals surface area contributed by atoms with E-state index in [2.05, 4.69) is 5.32 Å². The van der Waals surface area contributed by atoms with Gasteiger partial charge in [0.15, 0.2) is 0 Å². The van der Waals surface area contributed by atoms with Gasteiger partial charge in [-0.2, -0.15) is 0 Å². The third-order valence-electron chi connectivity index (χ3n) is 4.20. The van der Waals surface area contributed by atoms with Gasteiger partial charge < -0.3 is 15.8 Å². The summed E-state index contributed by atoms with van der Waals surface area (Å²) in [6.45, 7) is 0.722. The second-order valence-electron chi connectivity index (χ2n) is 6.01. The van der Waals surface area contributed by atoms with E-state index in [1.54, 1.807) is 17.0 Å². The Labute approximate surface area is 155 Å². The lowest BCUT2D eigenvalue weighted by molar-refractivity contribution is -0.112. The molecule has 3 N–H and O–H groups in total. The number of fused-ring (bicyclic) bond motifs is 1. The Bertz CT molecular complexity index is 898. The first-order chi connectivity index (χ1) is 12.6. The van der Waals surface area contributed by atoms with E-state index in [1.165, 1.54) is 11.8 Å². The van der Waals surface area contributed by atoms with E-state index in [4.69, 9.17) is 10.5 Å². The number of nitrogens with one attached hydrogen (secondary N) is 1. The molecule has 2 aliphatic rings. The molecule has 0 saturated carbocycles. The molecule has 1 saturated heterocycles. The fraction of sp³-hybridized carbons (Fsp3) is 0.158. The van der Waals surface area contributed by atoms with Crippen LogP contribution in [0.15, 0.2) is 58.3 Å². The second kappa shape index (κ2) is 6.86. The number of cyclic esters (lactones) is 1. The van der Waals surface area contributed by atoms with E-state index in [0.717, 1.165) is 21.8 Å². The predicted octanol–water partition coefficient (Wildman–Crippen LogP) is 3.06. The first kappa shape index (κ1) is 16.7. The summed E-state index contributed by atoms with van der Waals surface area (Å²) in [7, 11) is 0. The van der Waals surface area contributed by atoms with Crippen LogP contribution in [0, 0.1) is 0 Å². The van der Waals surface area contributed by atoms with E-state index in [0.29, 0.717) is 18.0 Å². The lowest BCUT2D eigenvalue weighted by Gasteiger charge is -2.21. The summed E-state index contributed by atoms with van der Waals surface area (Å²) in [5.74, 6) is -0.136. The number of ether oxygens (including phenoxy) is 1. The van der Waals surface area contributed by atoms with Crippen molar-refractivity contribution in [2.45, 2.75) is 11.0 Å². The van der Waals surface area contributed by atoms with Gasteiger partial charge in [-0.15, -0.1) is 0 Å². The van der Waals surface area contributed by atoms with E-state index in [1.807, 2.05) is 42.5 Å². The molecule has 0 unspecified atom stereocenters. The fourth-order valence-electron chi connectivity index (χ4n) is 2.87. The number of nitrogens with two attached hydrogens (primary N) is 1. The van der Waals surface area contributed by atoms with Gasteiger partial charge >= 0.3 is 6.09 Å². The zero-order valence-corrected chi connectivity index (χ0v) is 14.7. The summed E-state index contributed by atoms with van der Waals surface area (Å²) in [6, 6.07) is 15.2. The highest BCUT2D eigenvalue weighted by Crippen LogP contribution is 2.41. The molecule has 0 radical (unpaired) electrons. The van der Waals surface area contributed by atoms with Crippen molar-refractivity contribution in [1.82, 2.24) is 0 Å². The van der Waals surface area contributed by atoms with Crippen LogP contribution in [0.1, 0.15) is 5.56 Å². The van der Waals surface area contributed by atoms with Crippen molar-refractivity contribution in [2.24, 2.45) is 5.73 Å². The van der Waals surface area contributed by atoms with Crippen LogP contribution in [0.3, 0.4) is 0 Å². The van der Waals surface area contributed by atoms with Crippen molar-refractivity contribution >= 4 is 41.2 Å². The lowest BCUT2D eigenvalue weighted by Crippen LogP contribution is -2.27. The van der Waals surface area contributed by atoms with Crippen molar-refractivity contribution < 1.29 is 14.3 Å². The topological polar surface area (TPSA) is 84.7 Å². The average Bonchev–Trinajstić information content (AvgIpc) is 3.04. The molecule has 2 aromatic carbocycles. The van der Waals surface area contributed by atoms with Crippen molar-refractivity contribution in [1.29, 1.82) is 0 Å². The van der Waals surface area contributed by atoms with Crippen LogP contribution in [-0.4, -0.2) is 31.2 Å². The van der Waals surface area contributed by atoms with Crippen LogP contribution in [0.25, 0.3) is 6.08 Å². The normalized spacial score (nSPS) is 20.7. The molecule has 2 heterocycles. The molecule has 0 aliphatic carbocycles. The Kier molecular flexibility index (Phi) is 4.40. The van der Waals surface area contributed by atoms with Crippen molar-refractivity contribution in [3.05, 3.63) is 59.0 Å². The van der Waals surface area contributed by atoms with Crippen LogP contribution in [0.2, 0.25) is 0 Å². The molecule has 4 rings (SSSR count). The highest BCUT2D eigenvalue weighted by Gasteiger charge is 2.32. The Morgan fingerprint density at radius 3 is 2.77 bits per heavy atom. The predicted molar refractivity (Wildman–Crippen MR) is 102 cm³/mol. The smallest absolute Gasteiger partial charge is 0.414 e. The highest BCUT2D eigenvalue weighted by molar-refractivity contribution is 8.04. The maximum Gasteiger partial charge on any atom is 0.414 e. The van der Waals surface area contributed by atoms with Crippen LogP contribution in [0.4, 0.5) is 16.2 Å². The Morgan fingerprint density at radius 2 is 2.04 bits per heavy atom. The lowest BCUT2D eigenvalue weighted by atomic mass is 10.2. The Hall–Kier alpha value is -2.77. The van der Waals surface area contributed by atoms with Gasteiger partial charge in [0, 0.05) is 17.1 Å². The molecular formula is C19H17N3O3S.